The van der Waals surface area contributed by atoms with Gasteiger partial charge in [0.2, 0.25) is 21.8 Å². The standard InChI is InChI=1S/C12H12ClFN2O4S/c1-12(2)11(18)15-9(17)6-16(12)21(19,20)8-5-3-4-7(13)10(8)14/h3-5H,6H2,1-2H3,(H,15,17,18). The Balaban J connectivity index is 2.60. The summed E-state index contributed by atoms with van der Waals surface area (Å²) in [5.74, 6) is -2.66. The molecule has 2 rings (SSSR count). The average Bonchev–Trinajstić information content (AvgIpc) is 2.37. The molecule has 21 heavy (non-hydrogen) atoms. The first-order valence-corrected chi connectivity index (χ1v) is 7.71. The highest BCUT2D eigenvalue weighted by Gasteiger charge is 2.48. The smallest absolute Gasteiger partial charge is 0.247 e. The van der Waals surface area contributed by atoms with Crippen LogP contribution in [0.5, 0.6) is 0 Å². The van der Waals surface area contributed by atoms with E-state index in [0.29, 0.717) is 4.31 Å². The number of halogens is 2. The summed E-state index contributed by atoms with van der Waals surface area (Å²) >= 11 is 5.58. The molecule has 0 radical (unpaired) electrons. The molecule has 1 aliphatic heterocycles. The largest absolute Gasteiger partial charge is 0.294 e. The van der Waals surface area contributed by atoms with Gasteiger partial charge in [-0.15, -0.1) is 0 Å². The SMILES string of the molecule is CC1(C)C(=O)NC(=O)CN1S(=O)(=O)c1cccc(Cl)c1F. The van der Waals surface area contributed by atoms with Gasteiger partial charge in [-0.3, -0.25) is 14.9 Å². The molecule has 1 aliphatic rings. The normalized spacial score (nSPS) is 19.4. The van der Waals surface area contributed by atoms with Crippen LogP contribution in [0.3, 0.4) is 0 Å². The maximum atomic E-state index is 14.0. The summed E-state index contributed by atoms with van der Waals surface area (Å²) in [6.45, 7) is 2.08. The predicted octanol–water partition coefficient (Wildman–Crippen LogP) is 0.905. The van der Waals surface area contributed by atoms with Crippen molar-refractivity contribution < 1.29 is 22.4 Å². The van der Waals surface area contributed by atoms with Crippen molar-refractivity contribution in [2.45, 2.75) is 24.3 Å². The monoisotopic (exact) mass is 334 g/mol. The van der Waals surface area contributed by atoms with E-state index in [-0.39, 0.29) is 5.02 Å². The predicted molar refractivity (Wildman–Crippen MR) is 72.5 cm³/mol. The molecule has 0 bridgehead atoms. The third kappa shape index (κ3) is 2.54. The van der Waals surface area contributed by atoms with Crippen LogP contribution in [0.2, 0.25) is 5.02 Å². The van der Waals surface area contributed by atoms with Crippen LogP contribution in [-0.2, 0) is 19.6 Å². The summed E-state index contributed by atoms with van der Waals surface area (Å²) in [6.07, 6.45) is 0. The first kappa shape index (κ1) is 15.9. The van der Waals surface area contributed by atoms with Crippen LogP contribution in [0.25, 0.3) is 0 Å². The minimum atomic E-state index is -4.40. The molecule has 9 heteroatoms. The number of rotatable bonds is 2. The first-order chi connectivity index (χ1) is 9.58. The van der Waals surface area contributed by atoms with Gasteiger partial charge < -0.3 is 0 Å². The lowest BCUT2D eigenvalue weighted by atomic mass is 10.0. The van der Waals surface area contributed by atoms with Crippen LogP contribution in [0.4, 0.5) is 4.39 Å². The number of carbonyl (C=O) groups is 2. The van der Waals surface area contributed by atoms with Crippen molar-refractivity contribution >= 4 is 33.4 Å². The second kappa shape index (κ2) is 5.04. The highest BCUT2D eigenvalue weighted by atomic mass is 35.5. The summed E-state index contributed by atoms with van der Waals surface area (Å²) in [4.78, 5) is 22.6. The van der Waals surface area contributed by atoms with Gasteiger partial charge in [-0.1, -0.05) is 17.7 Å². The highest BCUT2D eigenvalue weighted by Crippen LogP contribution is 2.30. The fraction of sp³-hybridized carbons (Fsp3) is 0.333. The van der Waals surface area contributed by atoms with Crippen LogP contribution >= 0.6 is 11.6 Å². The molecule has 0 aromatic heterocycles. The minimum Gasteiger partial charge on any atom is -0.294 e. The summed E-state index contributed by atoms with van der Waals surface area (Å²) in [6, 6.07) is 3.51. The molecular formula is C12H12ClFN2O4S. The van der Waals surface area contributed by atoms with E-state index in [1.807, 2.05) is 5.32 Å². The van der Waals surface area contributed by atoms with E-state index in [0.717, 1.165) is 6.07 Å². The zero-order valence-electron chi connectivity index (χ0n) is 11.2. The van der Waals surface area contributed by atoms with E-state index in [1.54, 1.807) is 0 Å². The van der Waals surface area contributed by atoms with Crippen LogP contribution in [0.15, 0.2) is 23.1 Å². The number of carbonyl (C=O) groups excluding carboxylic acids is 2. The number of nitrogens with zero attached hydrogens (tertiary/aromatic N) is 1. The van der Waals surface area contributed by atoms with Crippen molar-refractivity contribution in [3.05, 3.63) is 29.0 Å². The molecule has 1 N–H and O–H groups in total. The van der Waals surface area contributed by atoms with E-state index in [1.165, 1.54) is 26.0 Å². The molecule has 1 heterocycles. The molecule has 0 spiro atoms. The maximum Gasteiger partial charge on any atom is 0.247 e. The molecular weight excluding hydrogens is 323 g/mol. The van der Waals surface area contributed by atoms with Crippen LogP contribution in [-0.4, -0.2) is 36.6 Å². The van der Waals surface area contributed by atoms with Crippen molar-refractivity contribution in [3.63, 3.8) is 0 Å². The number of nitrogens with one attached hydrogen (secondary N) is 1. The number of hydrogen-bond acceptors (Lipinski definition) is 4. The molecule has 0 atom stereocenters. The number of piperazine rings is 1. The van der Waals surface area contributed by atoms with Crippen molar-refractivity contribution in [2.24, 2.45) is 0 Å². The van der Waals surface area contributed by atoms with Crippen LogP contribution in [0.1, 0.15) is 13.8 Å². The molecule has 1 aromatic carbocycles. The Morgan fingerprint density at radius 3 is 2.57 bits per heavy atom. The minimum absolute atomic E-state index is 0.360. The van der Waals surface area contributed by atoms with Crippen LogP contribution in [0, 0.1) is 5.82 Å². The molecule has 1 aromatic rings. The van der Waals surface area contributed by atoms with Gasteiger partial charge in [-0.2, -0.15) is 4.31 Å². The molecule has 1 saturated heterocycles. The number of benzene rings is 1. The number of sulfonamides is 1. The fourth-order valence-corrected chi connectivity index (χ4v) is 3.97. The van der Waals surface area contributed by atoms with E-state index < -0.39 is 44.6 Å². The van der Waals surface area contributed by atoms with Gasteiger partial charge in [0.1, 0.15) is 10.4 Å². The summed E-state index contributed by atoms with van der Waals surface area (Å²) < 4.78 is 39.8. The van der Waals surface area contributed by atoms with Gasteiger partial charge in [0.05, 0.1) is 11.6 Å². The zero-order chi connectivity index (χ0) is 16.0. The second-order valence-corrected chi connectivity index (χ2v) is 7.24. The Morgan fingerprint density at radius 2 is 1.95 bits per heavy atom. The van der Waals surface area contributed by atoms with Gasteiger partial charge >= 0.3 is 0 Å². The van der Waals surface area contributed by atoms with Crippen LogP contribution < -0.4 is 5.32 Å². The third-order valence-electron chi connectivity index (χ3n) is 3.20. The molecule has 0 unspecified atom stereocenters. The lowest BCUT2D eigenvalue weighted by Crippen LogP contribution is -2.65. The van der Waals surface area contributed by atoms with Crippen molar-refractivity contribution in [1.29, 1.82) is 0 Å². The molecule has 0 aliphatic carbocycles. The van der Waals surface area contributed by atoms with Crippen molar-refractivity contribution in [3.8, 4) is 0 Å². The van der Waals surface area contributed by atoms with Gasteiger partial charge in [-0.05, 0) is 26.0 Å². The van der Waals surface area contributed by atoms with Gasteiger partial charge in [-0.25, -0.2) is 12.8 Å². The Hall–Kier alpha value is -1.51. The topological polar surface area (TPSA) is 83.6 Å². The Labute approximate surface area is 125 Å². The fourth-order valence-electron chi connectivity index (χ4n) is 1.95. The maximum absolute atomic E-state index is 14.0. The van der Waals surface area contributed by atoms with Gasteiger partial charge in [0, 0.05) is 0 Å². The molecule has 2 amide bonds. The zero-order valence-corrected chi connectivity index (χ0v) is 12.8. The first-order valence-electron chi connectivity index (χ1n) is 5.89. The Bertz CT molecular complexity index is 733. The van der Waals surface area contributed by atoms with Crippen molar-refractivity contribution in [1.82, 2.24) is 9.62 Å². The number of amides is 2. The van der Waals surface area contributed by atoms with Gasteiger partial charge in [0.15, 0.2) is 5.82 Å². The van der Waals surface area contributed by atoms with Gasteiger partial charge in [0.25, 0.3) is 0 Å². The lowest BCUT2D eigenvalue weighted by Gasteiger charge is -2.38. The van der Waals surface area contributed by atoms with Crippen molar-refractivity contribution in [2.75, 3.05) is 6.54 Å². The van der Waals surface area contributed by atoms with E-state index in [2.05, 4.69) is 0 Å². The molecule has 1 fully saturated rings. The van der Waals surface area contributed by atoms with E-state index in [4.69, 9.17) is 11.6 Å². The highest BCUT2D eigenvalue weighted by molar-refractivity contribution is 7.89. The molecule has 6 nitrogen and oxygen atoms in total. The Morgan fingerprint density at radius 1 is 1.33 bits per heavy atom. The lowest BCUT2D eigenvalue weighted by molar-refractivity contribution is -0.141. The van der Waals surface area contributed by atoms with E-state index in [9.17, 15) is 22.4 Å². The number of hydrogen-bond donors (Lipinski definition) is 1. The summed E-state index contributed by atoms with van der Waals surface area (Å²) in [7, 11) is -4.40. The molecule has 0 saturated carbocycles. The second-order valence-electron chi connectivity index (χ2n) is 5.00. The number of imide groups is 1. The average molecular weight is 335 g/mol. The third-order valence-corrected chi connectivity index (χ3v) is 5.53. The van der Waals surface area contributed by atoms with E-state index >= 15 is 0 Å². The Kier molecular flexibility index (Phi) is 3.81. The summed E-state index contributed by atoms with van der Waals surface area (Å²) in [5, 5.41) is 1.69. The quantitative estimate of drug-likeness (QED) is 0.815. The molecule has 114 valence electrons. The summed E-state index contributed by atoms with van der Waals surface area (Å²) in [5.41, 5.74) is -1.53.